The SMILES string of the molecule is CC1(C)/C(=C\C=C\C2N(CCCCCC(=O)O)c3ccc(S(=O)(=O)O)cc3C2(C)C)N(c2cccc(S(=O)(=O)O)c2)c2ccc(S(=O)(=O)O)cc21. The first-order chi connectivity index (χ1) is 23.5. The molecule has 0 amide bonds. The lowest BCUT2D eigenvalue weighted by Gasteiger charge is -2.32. The molecule has 2 aliphatic rings. The second kappa shape index (κ2) is 13.5. The quantitative estimate of drug-likeness (QED) is 0.122. The van der Waals surface area contributed by atoms with Crippen LogP contribution in [0.1, 0.15) is 64.5 Å². The van der Waals surface area contributed by atoms with Crippen molar-refractivity contribution in [3.63, 3.8) is 0 Å². The molecule has 2 aliphatic heterocycles. The number of benzene rings is 3. The van der Waals surface area contributed by atoms with Crippen molar-refractivity contribution in [1.82, 2.24) is 0 Å². The van der Waals surface area contributed by atoms with Gasteiger partial charge in [-0.2, -0.15) is 25.3 Å². The van der Waals surface area contributed by atoms with Crippen LogP contribution in [0.2, 0.25) is 0 Å². The zero-order valence-corrected chi connectivity index (χ0v) is 30.8. The molecule has 51 heavy (non-hydrogen) atoms. The van der Waals surface area contributed by atoms with Crippen LogP contribution in [0.25, 0.3) is 0 Å². The molecule has 3 aromatic carbocycles. The van der Waals surface area contributed by atoms with Crippen LogP contribution in [0.3, 0.4) is 0 Å². The molecular weight excluding hydrogens is 721 g/mol. The molecule has 0 bridgehead atoms. The number of carboxylic acids is 1. The van der Waals surface area contributed by atoms with Crippen LogP contribution in [-0.4, -0.2) is 62.6 Å². The Morgan fingerprint density at radius 1 is 0.745 bits per heavy atom. The van der Waals surface area contributed by atoms with E-state index in [2.05, 4.69) is 4.90 Å². The van der Waals surface area contributed by atoms with Crippen molar-refractivity contribution in [3.8, 4) is 0 Å². The standard InChI is InChI=1S/C35H40N2O11S3/c1-34(2)27-21-25(50(43,44)45)15-17-29(27)36(19-7-5-6-14-33(38)39)31(34)12-9-13-32-35(3,4)28-22-26(51(46,47)48)16-18-30(28)37(32)23-10-8-11-24(20-23)49(40,41)42/h8-13,15-18,20-22,31H,5-7,14,19H2,1-4H3,(H,38,39)(H,40,41,42)(H,43,44,45)(H,46,47,48)/b12-9+,32-13+. The van der Waals surface area contributed by atoms with Gasteiger partial charge in [0, 0.05) is 40.9 Å². The third-order valence-corrected chi connectivity index (χ3v) is 12.2. The maximum atomic E-state index is 12.1. The Labute approximate surface area is 298 Å². The minimum absolute atomic E-state index is 0.0459. The van der Waals surface area contributed by atoms with Crippen molar-refractivity contribution >= 4 is 53.4 Å². The summed E-state index contributed by atoms with van der Waals surface area (Å²) in [6.07, 6.45) is 7.41. The van der Waals surface area contributed by atoms with E-state index in [1.54, 1.807) is 23.1 Å². The number of rotatable bonds is 12. The van der Waals surface area contributed by atoms with Crippen molar-refractivity contribution in [2.75, 3.05) is 16.3 Å². The fraction of sp³-hybridized carbons (Fsp3) is 0.343. The monoisotopic (exact) mass is 760 g/mol. The summed E-state index contributed by atoms with van der Waals surface area (Å²) in [6, 6.07) is 13.9. The molecule has 0 aromatic heterocycles. The Morgan fingerprint density at radius 2 is 1.31 bits per heavy atom. The molecule has 0 saturated carbocycles. The summed E-state index contributed by atoms with van der Waals surface area (Å²) in [5, 5.41) is 9.05. The van der Waals surface area contributed by atoms with E-state index in [1.165, 1.54) is 48.5 Å². The molecule has 0 saturated heterocycles. The first kappa shape index (κ1) is 38.2. The number of carboxylic acid groups (broad SMARTS) is 1. The van der Waals surface area contributed by atoms with Gasteiger partial charge in [0.15, 0.2) is 0 Å². The van der Waals surface area contributed by atoms with E-state index >= 15 is 0 Å². The molecular formula is C35H40N2O11S3. The van der Waals surface area contributed by atoms with E-state index in [0.717, 1.165) is 5.69 Å². The van der Waals surface area contributed by atoms with E-state index in [9.17, 15) is 43.7 Å². The largest absolute Gasteiger partial charge is 0.481 e. The zero-order valence-electron chi connectivity index (χ0n) is 28.4. The van der Waals surface area contributed by atoms with Gasteiger partial charge in [-0.1, -0.05) is 52.3 Å². The second-order valence-corrected chi connectivity index (χ2v) is 18.0. The Bertz CT molecular complexity index is 2280. The topological polar surface area (TPSA) is 207 Å². The molecule has 16 heteroatoms. The number of allylic oxidation sites excluding steroid dienone is 3. The smallest absolute Gasteiger partial charge is 0.303 e. The number of carbonyl (C=O) groups is 1. The highest BCUT2D eigenvalue weighted by atomic mass is 32.2. The normalized spacial score (nSPS) is 19.1. The molecule has 0 spiro atoms. The Hall–Kier alpha value is -4.06. The average molecular weight is 761 g/mol. The lowest BCUT2D eigenvalue weighted by molar-refractivity contribution is -0.137. The Morgan fingerprint density at radius 3 is 1.90 bits per heavy atom. The van der Waals surface area contributed by atoms with Crippen LogP contribution in [0, 0.1) is 0 Å². The fourth-order valence-corrected chi connectivity index (χ4v) is 8.53. The van der Waals surface area contributed by atoms with Crippen molar-refractivity contribution in [2.45, 2.75) is 84.9 Å². The van der Waals surface area contributed by atoms with Crippen LogP contribution in [0.4, 0.5) is 17.1 Å². The Kier molecular flexibility index (Phi) is 10.1. The van der Waals surface area contributed by atoms with E-state index in [1.807, 2.05) is 39.8 Å². The van der Waals surface area contributed by atoms with Gasteiger partial charge in [-0.25, -0.2) is 0 Å². The minimum atomic E-state index is -4.57. The second-order valence-electron chi connectivity index (χ2n) is 13.7. The van der Waals surface area contributed by atoms with Gasteiger partial charge in [0.2, 0.25) is 0 Å². The zero-order chi connectivity index (χ0) is 37.7. The molecule has 2 heterocycles. The third-order valence-electron chi connectivity index (χ3n) is 9.62. The molecule has 3 aromatic rings. The summed E-state index contributed by atoms with van der Waals surface area (Å²) < 4.78 is 102. The number of hydrogen-bond donors (Lipinski definition) is 4. The predicted octanol–water partition coefficient (Wildman–Crippen LogP) is 6.11. The van der Waals surface area contributed by atoms with Gasteiger partial charge >= 0.3 is 5.97 Å². The van der Waals surface area contributed by atoms with Crippen molar-refractivity contribution in [3.05, 3.63) is 95.7 Å². The van der Waals surface area contributed by atoms with Gasteiger partial charge in [-0.3, -0.25) is 18.5 Å². The molecule has 1 atom stereocenters. The first-order valence-corrected chi connectivity index (χ1v) is 20.4. The number of anilines is 3. The Balaban J connectivity index is 1.61. The molecule has 13 nitrogen and oxygen atoms in total. The summed E-state index contributed by atoms with van der Waals surface area (Å²) in [4.78, 5) is 14.0. The van der Waals surface area contributed by atoms with Crippen molar-refractivity contribution in [2.24, 2.45) is 0 Å². The van der Waals surface area contributed by atoms with Crippen LogP contribution < -0.4 is 9.80 Å². The lowest BCUT2D eigenvalue weighted by atomic mass is 9.80. The highest BCUT2D eigenvalue weighted by Crippen LogP contribution is 2.52. The summed E-state index contributed by atoms with van der Waals surface area (Å²) in [5.41, 5.74) is 1.92. The first-order valence-electron chi connectivity index (χ1n) is 16.0. The van der Waals surface area contributed by atoms with Gasteiger partial charge in [0.05, 0.1) is 26.4 Å². The van der Waals surface area contributed by atoms with E-state index in [-0.39, 0.29) is 27.1 Å². The van der Waals surface area contributed by atoms with Crippen LogP contribution >= 0.6 is 0 Å². The number of unbranched alkanes of at least 4 members (excludes halogenated alkanes) is 2. The van der Waals surface area contributed by atoms with Crippen LogP contribution in [-0.2, 0) is 46.0 Å². The van der Waals surface area contributed by atoms with Gasteiger partial charge < -0.3 is 14.9 Å². The minimum Gasteiger partial charge on any atom is -0.481 e. The molecule has 1 unspecified atom stereocenters. The predicted molar refractivity (Wildman–Crippen MR) is 191 cm³/mol. The van der Waals surface area contributed by atoms with Gasteiger partial charge in [-0.05, 0) is 84.6 Å². The van der Waals surface area contributed by atoms with E-state index < -0.39 is 47.2 Å². The summed E-state index contributed by atoms with van der Waals surface area (Å²) in [7, 11) is -13.6. The van der Waals surface area contributed by atoms with Crippen molar-refractivity contribution in [1.29, 1.82) is 0 Å². The average Bonchev–Trinajstić information content (AvgIpc) is 3.37. The highest BCUT2D eigenvalue weighted by molar-refractivity contribution is 7.86. The molecule has 0 fully saturated rings. The molecule has 5 rings (SSSR count). The number of fused-ring (bicyclic) bond motifs is 2. The van der Waals surface area contributed by atoms with E-state index in [0.29, 0.717) is 54.0 Å². The lowest BCUT2D eigenvalue weighted by Crippen LogP contribution is -2.40. The summed E-state index contributed by atoms with van der Waals surface area (Å²) in [5.74, 6) is -0.876. The number of hydrogen-bond acceptors (Lipinski definition) is 9. The van der Waals surface area contributed by atoms with Gasteiger partial charge in [-0.15, -0.1) is 0 Å². The van der Waals surface area contributed by atoms with Gasteiger partial charge in [0.25, 0.3) is 30.4 Å². The van der Waals surface area contributed by atoms with Crippen LogP contribution in [0.15, 0.2) is 99.3 Å². The third kappa shape index (κ3) is 7.61. The maximum absolute atomic E-state index is 12.1. The summed E-state index contributed by atoms with van der Waals surface area (Å²) in [6.45, 7) is 8.12. The number of nitrogens with zero attached hydrogens (tertiary/aromatic N) is 2. The molecule has 0 radical (unpaired) electrons. The van der Waals surface area contributed by atoms with Crippen LogP contribution in [0.5, 0.6) is 0 Å². The molecule has 4 N–H and O–H groups in total. The number of aliphatic carboxylic acids is 1. The van der Waals surface area contributed by atoms with Crippen molar-refractivity contribution < 1.29 is 48.8 Å². The van der Waals surface area contributed by atoms with E-state index in [4.69, 9.17) is 5.11 Å². The molecule has 274 valence electrons. The highest BCUT2D eigenvalue weighted by Gasteiger charge is 2.44. The van der Waals surface area contributed by atoms with Gasteiger partial charge in [0.1, 0.15) is 0 Å². The fourth-order valence-electron chi connectivity index (χ4n) is 6.99. The maximum Gasteiger partial charge on any atom is 0.303 e. The summed E-state index contributed by atoms with van der Waals surface area (Å²) >= 11 is 0. The molecule has 0 aliphatic carbocycles.